The second kappa shape index (κ2) is 12.8. The van der Waals surface area contributed by atoms with Gasteiger partial charge < -0.3 is 36.6 Å². The molecule has 13 heteroatoms. The SMILES string of the molecule is O=C(O)CC(NC(=O)C(Cc1ccc(O)cc1)NC(=O)C1CCCN1)C(=O)NC(CS)C(=O)O. The van der Waals surface area contributed by atoms with Crippen molar-refractivity contribution in [2.45, 2.75) is 49.9 Å². The number of phenolic OH excluding ortho intramolecular Hbond substituents is 1. The molecule has 0 aliphatic carbocycles. The third-order valence-electron chi connectivity index (χ3n) is 5.19. The molecular weight excluding hydrogens is 468 g/mol. The number of hydrogen-bond acceptors (Lipinski definition) is 8. The number of thiol groups is 1. The van der Waals surface area contributed by atoms with Crippen molar-refractivity contribution in [2.24, 2.45) is 0 Å². The summed E-state index contributed by atoms with van der Waals surface area (Å²) in [5, 5.41) is 37.8. The average Bonchev–Trinajstić information content (AvgIpc) is 3.32. The summed E-state index contributed by atoms with van der Waals surface area (Å²) in [6.07, 6.45) is 0.578. The zero-order valence-corrected chi connectivity index (χ0v) is 19.1. The van der Waals surface area contributed by atoms with Crippen LogP contribution < -0.4 is 21.3 Å². The van der Waals surface area contributed by atoms with Gasteiger partial charge in [-0.1, -0.05) is 12.1 Å². The van der Waals surface area contributed by atoms with Crippen molar-refractivity contribution in [3.63, 3.8) is 0 Å². The van der Waals surface area contributed by atoms with Gasteiger partial charge >= 0.3 is 11.9 Å². The number of phenols is 1. The van der Waals surface area contributed by atoms with E-state index in [-0.39, 0.29) is 17.9 Å². The maximum Gasteiger partial charge on any atom is 0.327 e. The molecular formula is C21H28N4O8S. The van der Waals surface area contributed by atoms with E-state index in [1.54, 1.807) is 12.1 Å². The van der Waals surface area contributed by atoms with E-state index < -0.39 is 60.2 Å². The first kappa shape index (κ1) is 26.9. The molecule has 1 saturated heterocycles. The molecule has 2 rings (SSSR count). The Morgan fingerprint density at radius 1 is 0.971 bits per heavy atom. The highest BCUT2D eigenvalue weighted by Crippen LogP contribution is 2.13. The fourth-order valence-corrected chi connectivity index (χ4v) is 3.62. The lowest BCUT2D eigenvalue weighted by atomic mass is 10.0. The van der Waals surface area contributed by atoms with E-state index >= 15 is 0 Å². The molecule has 1 fully saturated rings. The van der Waals surface area contributed by atoms with Gasteiger partial charge in [-0.05, 0) is 37.1 Å². The van der Waals surface area contributed by atoms with Crippen LogP contribution in [-0.2, 0) is 30.4 Å². The summed E-state index contributed by atoms with van der Waals surface area (Å²) in [4.78, 5) is 60.6. The van der Waals surface area contributed by atoms with Crippen LogP contribution in [-0.4, -0.2) is 81.4 Å². The average molecular weight is 497 g/mol. The van der Waals surface area contributed by atoms with E-state index in [2.05, 4.69) is 33.9 Å². The Kier molecular flexibility index (Phi) is 10.1. The van der Waals surface area contributed by atoms with Gasteiger partial charge in [0.1, 0.15) is 23.9 Å². The zero-order valence-electron chi connectivity index (χ0n) is 18.2. The van der Waals surface area contributed by atoms with Crippen molar-refractivity contribution < 1.29 is 39.3 Å². The van der Waals surface area contributed by atoms with Crippen LogP contribution in [0.15, 0.2) is 24.3 Å². The molecule has 3 amide bonds. The summed E-state index contributed by atoms with van der Waals surface area (Å²) in [5.41, 5.74) is 0.595. The van der Waals surface area contributed by atoms with Crippen LogP contribution in [0.2, 0.25) is 0 Å². The summed E-state index contributed by atoms with van der Waals surface area (Å²) in [6, 6.07) is 1.32. The number of nitrogens with one attached hydrogen (secondary N) is 4. The Morgan fingerprint density at radius 2 is 1.59 bits per heavy atom. The molecule has 0 aromatic heterocycles. The van der Waals surface area contributed by atoms with Crippen LogP contribution in [0, 0.1) is 0 Å². The molecule has 1 aliphatic heterocycles. The molecule has 4 unspecified atom stereocenters. The summed E-state index contributed by atoms with van der Waals surface area (Å²) in [7, 11) is 0. The lowest BCUT2D eigenvalue weighted by Gasteiger charge is -2.24. The highest BCUT2D eigenvalue weighted by atomic mass is 32.1. The zero-order chi connectivity index (χ0) is 25.3. The Morgan fingerprint density at radius 3 is 2.12 bits per heavy atom. The van der Waals surface area contributed by atoms with Gasteiger partial charge in [0.05, 0.1) is 12.5 Å². The molecule has 12 nitrogen and oxygen atoms in total. The second-order valence-electron chi connectivity index (χ2n) is 7.82. The minimum Gasteiger partial charge on any atom is -0.508 e. The van der Waals surface area contributed by atoms with Crippen molar-refractivity contribution in [3.8, 4) is 5.75 Å². The Balaban J connectivity index is 2.19. The summed E-state index contributed by atoms with van der Waals surface area (Å²) in [6.45, 7) is 0.656. The summed E-state index contributed by atoms with van der Waals surface area (Å²) in [5.74, 6) is -5.25. The number of hydrogen-bond donors (Lipinski definition) is 8. The normalized spacial score (nSPS) is 17.7. The molecule has 186 valence electrons. The predicted molar refractivity (Wildman–Crippen MR) is 122 cm³/mol. The number of amides is 3. The maximum absolute atomic E-state index is 13.1. The molecule has 0 bridgehead atoms. The van der Waals surface area contributed by atoms with Crippen molar-refractivity contribution in [2.75, 3.05) is 12.3 Å². The Labute approximate surface area is 200 Å². The van der Waals surface area contributed by atoms with Gasteiger partial charge in [-0.25, -0.2) is 4.79 Å². The molecule has 1 aromatic rings. The molecule has 4 atom stereocenters. The summed E-state index contributed by atoms with van der Waals surface area (Å²) >= 11 is 3.84. The van der Waals surface area contributed by atoms with E-state index in [1.165, 1.54) is 12.1 Å². The highest BCUT2D eigenvalue weighted by molar-refractivity contribution is 7.80. The van der Waals surface area contributed by atoms with E-state index in [9.17, 15) is 34.2 Å². The number of carboxylic acid groups (broad SMARTS) is 2. The second-order valence-corrected chi connectivity index (χ2v) is 8.19. The largest absolute Gasteiger partial charge is 0.508 e. The molecule has 34 heavy (non-hydrogen) atoms. The number of carbonyl (C=O) groups is 5. The van der Waals surface area contributed by atoms with Gasteiger partial charge in [0.25, 0.3) is 0 Å². The van der Waals surface area contributed by atoms with Gasteiger partial charge in [-0.3, -0.25) is 19.2 Å². The van der Waals surface area contributed by atoms with Gasteiger partial charge in [-0.2, -0.15) is 12.6 Å². The van der Waals surface area contributed by atoms with Crippen molar-refractivity contribution in [3.05, 3.63) is 29.8 Å². The van der Waals surface area contributed by atoms with Crippen LogP contribution in [0.3, 0.4) is 0 Å². The van der Waals surface area contributed by atoms with Gasteiger partial charge in [-0.15, -0.1) is 0 Å². The topological polar surface area (TPSA) is 194 Å². The lowest BCUT2D eigenvalue weighted by Crippen LogP contribution is -2.58. The lowest BCUT2D eigenvalue weighted by molar-refractivity contribution is -0.143. The van der Waals surface area contributed by atoms with Crippen LogP contribution in [0.1, 0.15) is 24.8 Å². The first-order chi connectivity index (χ1) is 16.1. The fourth-order valence-electron chi connectivity index (χ4n) is 3.37. The number of aliphatic carboxylic acids is 2. The van der Waals surface area contributed by atoms with Crippen molar-refractivity contribution in [1.29, 1.82) is 0 Å². The van der Waals surface area contributed by atoms with Gasteiger partial charge in [0, 0.05) is 12.2 Å². The van der Waals surface area contributed by atoms with E-state index in [1.807, 2.05) is 0 Å². The van der Waals surface area contributed by atoms with Crippen LogP contribution >= 0.6 is 12.6 Å². The molecule has 0 radical (unpaired) electrons. The van der Waals surface area contributed by atoms with E-state index in [0.29, 0.717) is 18.5 Å². The number of carboxylic acids is 2. The smallest absolute Gasteiger partial charge is 0.327 e. The standard InChI is InChI=1S/C21H28N4O8S/c26-12-5-3-11(4-6-12)8-14(23-18(29)13-2-1-7-22-13)19(30)24-15(9-17(27)28)20(31)25-16(10-34)21(32)33/h3-6,13-16,22,26,34H,1-2,7-10H2,(H,23,29)(H,24,30)(H,25,31)(H,27,28)(H,32,33). The van der Waals surface area contributed by atoms with Gasteiger partial charge in [0.15, 0.2) is 0 Å². The maximum atomic E-state index is 13.1. The highest BCUT2D eigenvalue weighted by Gasteiger charge is 2.32. The van der Waals surface area contributed by atoms with Crippen LogP contribution in [0.25, 0.3) is 0 Å². The van der Waals surface area contributed by atoms with Crippen molar-refractivity contribution in [1.82, 2.24) is 21.3 Å². The Bertz CT molecular complexity index is 905. The third kappa shape index (κ3) is 8.23. The minimum absolute atomic E-state index is 0.000372. The predicted octanol–water partition coefficient (Wildman–Crippen LogP) is -1.37. The molecule has 1 heterocycles. The number of carbonyl (C=O) groups excluding carboxylic acids is 3. The van der Waals surface area contributed by atoms with Gasteiger partial charge in [0.2, 0.25) is 17.7 Å². The quantitative estimate of drug-likeness (QED) is 0.161. The Hall–Kier alpha value is -3.32. The number of aromatic hydroxyl groups is 1. The molecule has 1 aliphatic rings. The van der Waals surface area contributed by atoms with E-state index in [0.717, 1.165) is 6.42 Å². The summed E-state index contributed by atoms with van der Waals surface area (Å²) < 4.78 is 0. The first-order valence-corrected chi connectivity index (χ1v) is 11.2. The minimum atomic E-state index is -1.59. The molecule has 0 spiro atoms. The molecule has 7 N–H and O–H groups in total. The van der Waals surface area contributed by atoms with Crippen LogP contribution in [0.5, 0.6) is 5.75 Å². The van der Waals surface area contributed by atoms with Crippen molar-refractivity contribution >= 4 is 42.3 Å². The monoisotopic (exact) mass is 496 g/mol. The number of benzene rings is 1. The molecule has 0 saturated carbocycles. The molecule has 1 aromatic carbocycles. The van der Waals surface area contributed by atoms with E-state index in [4.69, 9.17) is 5.11 Å². The number of rotatable bonds is 12. The van der Waals surface area contributed by atoms with Crippen LogP contribution in [0.4, 0.5) is 0 Å². The fraction of sp³-hybridized carbons (Fsp3) is 0.476. The third-order valence-corrected chi connectivity index (χ3v) is 5.56. The first-order valence-electron chi connectivity index (χ1n) is 10.6.